The molecule has 2 aliphatic rings. The molecule has 21 heavy (non-hydrogen) atoms. The van der Waals surface area contributed by atoms with Gasteiger partial charge in [-0.05, 0) is 49.5 Å². The maximum atomic E-state index is 13.8. The summed E-state index contributed by atoms with van der Waals surface area (Å²) >= 11 is 0. The summed E-state index contributed by atoms with van der Waals surface area (Å²) in [5.41, 5.74) is 1.15. The SMILES string of the molecule is CC(C(=O)N1CCc2c(F)cc(F)cc2C1C)C1CNC1. The van der Waals surface area contributed by atoms with Crippen LogP contribution in [0.25, 0.3) is 0 Å². The van der Waals surface area contributed by atoms with Gasteiger partial charge in [-0.1, -0.05) is 6.92 Å². The molecule has 0 saturated carbocycles. The Bertz CT molecular complexity index is 572. The Kier molecular flexibility index (Phi) is 3.69. The number of hydrogen-bond donors (Lipinski definition) is 1. The number of benzene rings is 1. The highest BCUT2D eigenvalue weighted by atomic mass is 19.1. The topological polar surface area (TPSA) is 32.3 Å². The van der Waals surface area contributed by atoms with E-state index < -0.39 is 11.6 Å². The lowest BCUT2D eigenvalue weighted by molar-refractivity contribution is -0.140. The summed E-state index contributed by atoms with van der Waals surface area (Å²) in [7, 11) is 0. The number of carbonyl (C=O) groups is 1. The minimum absolute atomic E-state index is 0.0475. The standard InChI is InChI=1S/C16H20F2N2O/c1-9(11-7-19-8-11)16(21)20-4-3-13-14(10(20)2)5-12(17)6-15(13)18/h5-6,9-11,19H,3-4,7-8H2,1-2H3. The van der Waals surface area contributed by atoms with Crippen LogP contribution in [0.2, 0.25) is 0 Å². The molecule has 114 valence electrons. The third-order valence-corrected chi connectivity index (χ3v) is 4.91. The lowest BCUT2D eigenvalue weighted by atomic mass is 9.86. The summed E-state index contributed by atoms with van der Waals surface area (Å²) in [5.74, 6) is -0.669. The fourth-order valence-electron chi connectivity index (χ4n) is 3.28. The number of hydrogen-bond acceptors (Lipinski definition) is 2. The first-order chi connectivity index (χ1) is 9.99. The van der Waals surface area contributed by atoms with E-state index >= 15 is 0 Å². The van der Waals surface area contributed by atoms with E-state index in [2.05, 4.69) is 5.32 Å². The van der Waals surface area contributed by atoms with Gasteiger partial charge >= 0.3 is 0 Å². The number of halogens is 2. The highest BCUT2D eigenvalue weighted by Gasteiger charge is 2.36. The first-order valence-corrected chi connectivity index (χ1v) is 7.48. The Balaban J connectivity index is 1.84. The lowest BCUT2D eigenvalue weighted by Crippen LogP contribution is -2.51. The van der Waals surface area contributed by atoms with Crippen LogP contribution in [0.3, 0.4) is 0 Å². The van der Waals surface area contributed by atoms with Gasteiger partial charge in [-0.25, -0.2) is 8.78 Å². The number of carbonyl (C=O) groups excluding carboxylic acids is 1. The first kappa shape index (κ1) is 14.4. The van der Waals surface area contributed by atoms with Crippen LogP contribution in [0.4, 0.5) is 8.78 Å². The van der Waals surface area contributed by atoms with Gasteiger partial charge in [0, 0.05) is 18.5 Å². The molecule has 2 aliphatic heterocycles. The van der Waals surface area contributed by atoms with E-state index in [0.29, 0.717) is 30.0 Å². The molecule has 3 rings (SSSR count). The zero-order valence-electron chi connectivity index (χ0n) is 12.3. The number of amides is 1. The van der Waals surface area contributed by atoms with E-state index in [0.717, 1.165) is 19.2 Å². The van der Waals surface area contributed by atoms with E-state index in [9.17, 15) is 13.6 Å². The maximum Gasteiger partial charge on any atom is 0.226 e. The fourth-order valence-corrected chi connectivity index (χ4v) is 3.28. The monoisotopic (exact) mass is 294 g/mol. The van der Waals surface area contributed by atoms with Crippen molar-refractivity contribution in [3.8, 4) is 0 Å². The smallest absolute Gasteiger partial charge is 0.226 e. The molecule has 0 aliphatic carbocycles. The second kappa shape index (κ2) is 5.37. The molecule has 1 saturated heterocycles. The normalized spacial score (nSPS) is 23.4. The van der Waals surface area contributed by atoms with E-state index in [1.54, 1.807) is 4.90 Å². The van der Waals surface area contributed by atoms with Crippen LogP contribution in [0.1, 0.15) is 31.0 Å². The van der Waals surface area contributed by atoms with Gasteiger partial charge in [-0.15, -0.1) is 0 Å². The van der Waals surface area contributed by atoms with Crippen LogP contribution in [-0.4, -0.2) is 30.4 Å². The highest BCUT2D eigenvalue weighted by Crippen LogP contribution is 2.33. The molecular weight excluding hydrogens is 274 g/mol. The second-order valence-electron chi connectivity index (χ2n) is 6.12. The third-order valence-electron chi connectivity index (χ3n) is 4.91. The molecule has 0 bridgehead atoms. The largest absolute Gasteiger partial charge is 0.335 e. The average molecular weight is 294 g/mol. The van der Waals surface area contributed by atoms with Gasteiger partial charge in [0.2, 0.25) is 5.91 Å². The van der Waals surface area contributed by atoms with Gasteiger partial charge < -0.3 is 10.2 Å². The predicted molar refractivity (Wildman–Crippen MR) is 75.7 cm³/mol. The van der Waals surface area contributed by atoms with Gasteiger partial charge in [0.1, 0.15) is 11.6 Å². The molecule has 1 amide bonds. The van der Waals surface area contributed by atoms with Crippen molar-refractivity contribution in [1.82, 2.24) is 10.2 Å². The minimum Gasteiger partial charge on any atom is -0.335 e. The van der Waals surface area contributed by atoms with Crippen LogP contribution < -0.4 is 5.32 Å². The number of fused-ring (bicyclic) bond motifs is 1. The molecule has 1 aromatic carbocycles. The Morgan fingerprint density at radius 1 is 1.38 bits per heavy atom. The summed E-state index contributed by atoms with van der Waals surface area (Å²) < 4.78 is 27.3. The second-order valence-corrected chi connectivity index (χ2v) is 6.12. The molecule has 5 heteroatoms. The molecule has 1 N–H and O–H groups in total. The first-order valence-electron chi connectivity index (χ1n) is 7.48. The molecule has 2 unspecified atom stereocenters. The molecule has 0 radical (unpaired) electrons. The van der Waals surface area contributed by atoms with Crippen LogP contribution in [-0.2, 0) is 11.2 Å². The molecule has 1 fully saturated rings. The minimum atomic E-state index is -0.580. The van der Waals surface area contributed by atoms with Crippen molar-refractivity contribution < 1.29 is 13.6 Å². The maximum absolute atomic E-state index is 13.8. The van der Waals surface area contributed by atoms with E-state index in [1.165, 1.54) is 6.07 Å². The van der Waals surface area contributed by atoms with Crippen LogP contribution >= 0.6 is 0 Å². The summed E-state index contributed by atoms with van der Waals surface area (Å²) in [5, 5.41) is 3.17. The van der Waals surface area contributed by atoms with Gasteiger partial charge in [-0.3, -0.25) is 4.79 Å². The zero-order chi connectivity index (χ0) is 15.1. The summed E-state index contributed by atoms with van der Waals surface area (Å²) in [6.07, 6.45) is 0.452. The Morgan fingerprint density at radius 2 is 2.10 bits per heavy atom. The Hall–Kier alpha value is -1.49. The molecular formula is C16H20F2N2O. The van der Waals surface area contributed by atoms with E-state index in [-0.39, 0.29) is 17.9 Å². The highest BCUT2D eigenvalue weighted by molar-refractivity contribution is 5.80. The van der Waals surface area contributed by atoms with Crippen molar-refractivity contribution in [2.45, 2.75) is 26.3 Å². The zero-order valence-corrected chi connectivity index (χ0v) is 12.3. The molecule has 1 aromatic rings. The van der Waals surface area contributed by atoms with Gasteiger partial charge in [0.25, 0.3) is 0 Å². The van der Waals surface area contributed by atoms with Crippen molar-refractivity contribution in [2.24, 2.45) is 11.8 Å². The summed E-state index contributed by atoms with van der Waals surface area (Å²) in [6.45, 7) is 6.03. The number of rotatable bonds is 2. The average Bonchev–Trinajstić information content (AvgIpc) is 2.37. The van der Waals surface area contributed by atoms with Crippen molar-refractivity contribution in [2.75, 3.05) is 19.6 Å². The quantitative estimate of drug-likeness (QED) is 0.907. The Morgan fingerprint density at radius 3 is 2.71 bits per heavy atom. The van der Waals surface area contributed by atoms with Gasteiger partial charge in [0.15, 0.2) is 0 Å². The van der Waals surface area contributed by atoms with Crippen LogP contribution in [0, 0.1) is 23.5 Å². The van der Waals surface area contributed by atoms with Crippen molar-refractivity contribution in [3.63, 3.8) is 0 Å². The lowest BCUT2D eigenvalue weighted by Gasteiger charge is -2.40. The predicted octanol–water partition coefficient (Wildman–Crippen LogP) is 2.27. The van der Waals surface area contributed by atoms with E-state index in [1.807, 2.05) is 13.8 Å². The molecule has 3 nitrogen and oxygen atoms in total. The number of nitrogens with zero attached hydrogens (tertiary/aromatic N) is 1. The third kappa shape index (κ3) is 2.44. The molecule has 2 atom stereocenters. The van der Waals surface area contributed by atoms with Crippen LogP contribution in [0.15, 0.2) is 12.1 Å². The molecule has 0 aromatic heterocycles. The Labute approximate surface area is 123 Å². The van der Waals surface area contributed by atoms with Gasteiger partial charge in [-0.2, -0.15) is 0 Å². The summed E-state index contributed by atoms with van der Waals surface area (Å²) in [6, 6.07) is 2.01. The molecule has 0 spiro atoms. The van der Waals surface area contributed by atoms with Crippen LogP contribution in [0.5, 0.6) is 0 Å². The fraction of sp³-hybridized carbons (Fsp3) is 0.562. The van der Waals surface area contributed by atoms with Gasteiger partial charge in [0.05, 0.1) is 6.04 Å². The molecule has 2 heterocycles. The summed E-state index contributed by atoms with van der Waals surface area (Å²) in [4.78, 5) is 14.4. The van der Waals surface area contributed by atoms with E-state index in [4.69, 9.17) is 0 Å². The van der Waals surface area contributed by atoms with Crippen molar-refractivity contribution in [3.05, 3.63) is 34.9 Å². The van der Waals surface area contributed by atoms with Crippen molar-refractivity contribution in [1.29, 1.82) is 0 Å². The van der Waals surface area contributed by atoms with Crippen molar-refractivity contribution >= 4 is 5.91 Å². The number of nitrogens with one attached hydrogen (secondary N) is 1.